The summed E-state index contributed by atoms with van der Waals surface area (Å²) in [4.78, 5) is -0.163. The van der Waals surface area contributed by atoms with E-state index in [0.717, 1.165) is 6.07 Å². The van der Waals surface area contributed by atoms with E-state index in [9.17, 15) is 12.8 Å². The van der Waals surface area contributed by atoms with Gasteiger partial charge in [-0.1, -0.05) is 12.1 Å². The molecule has 0 saturated heterocycles. The third-order valence-electron chi connectivity index (χ3n) is 2.70. The summed E-state index contributed by atoms with van der Waals surface area (Å²) >= 11 is 0. The molecule has 0 saturated carbocycles. The van der Waals surface area contributed by atoms with Crippen molar-refractivity contribution < 1.29 is 17.5 Å². The fourth-order valence-electron chi connectivity index (χ4n) is 1.73. The van der Waals surface area contributed by atoms with E-state index >= 15 is 0 Å². The Hall–Kier alpha value is -2.59. The number of rotatable bonds is 4. The number of ether oxygens (including phenoxy) is 1. The first-order chi connectivity index (χ1) is 9.97. The average molecular weight is 306 g/mol. The van der Waals surface area contributed by atoms with Gasteiger partial charge >= 0.3 is 0 Å². The summed E-state index contributed by atoms with van der Waals surface area (Å²) in [6, 6.07) is 11.3. The van der Waals surface area contributed by atoms with Crippen LogP contribution >= 0.6 is 0 Å². The molecule has 2 aromatic carbocycles. The molecule has 0 spiro atoms. The first-order valence-corrected chi connectivity index (χ1v) is 7.32. The Morgan fingerprint density at radius 3 is 2.57 bits per heavy atom. The van der Waals surface area contributed by atoms with Crippen molar-refractivity contribution in [1.82, 2.24) is 0 Å². The van der Waals surface area contributed by atoms with E-state index in [2.05, 4.69) is 4.72 Å². The Morgan fingerprint density at radius 2 is 1.95 bits per heavy atom. The molecule has 0 aliphatic rings. The second-order valence-electron chi connectivity index (χ2n) is 4.06. The van der Waals surface area contributed by atoms with Crippen molar-refractivity contribution in [2.24, 2.45) is 0 Å². The van der Waals surface area contributed by atoms with Gasteiger partial charge in [0.1, 0.15) is 11.0 Å². The zero-order valence-corrected chi connectivity index (χ0v) is 11.8. The smallest absolute Gasteiger partial charge is 0.263 e. The lowest BCUT2D eigenvalue weighted by Crippen LogP contribution is -2.14. The number of hydrogen-bond donors (Lipinski definition) is 1. The van der Waals surface area contributed by atoms with Crippen LogP contribution in [0.4, 0.5) is 10.1 Å². The van der Waals surface area contributed by atoms with Crippen LogP contribution in [0.3, 0.4) is 0 Å². The van der Waals surface area contributed by atoms with Crippen molar-refractivity contribution in [2.45, 2.75) is 4.90 Å². The van der Waals surface area contributed by atoms with Gasteiger partial charge < -0.3 is 4.74 Å². The third kappa shape index (κ3) is 3.12. The molecule has 0 atom stereocenters. The third-order valence-corrected chi connectivity index (χ3v) is 4.14. The number of hydrogen-bond acceptors (Lipinski definition) is 4. The molecule has 108 valence electrons. The minimum Gasteiger partial charge on any atom is -0.494 e. The molecule has 0 radical (unpaired) electrons. The molecule has 5 nitrogen and oxygen atoms in total. The topological polar surface area (TPSA) is 79.2 Å². The summed E-state index contributed by atoms with van der Waals surface area (Å²) in [7, 11) is -2.66. The molecular formula is C14H11FN2O3S. The van der Waals surface area contributed by atoms with Gasteiger partial charge in [0, 0.05) is 6.07 Å². The maximum Gasteiger partial charge on any atom is 0.263 e. The summed E-state index contributed by atoms with van der Waals surface area (Å²) < 4.78 is 45.0. The number of sulfonamides is 1. The highest BCUT2D eigenvalue weighted by Crippen LogP contribution is 2.24. The first-order valence-electron chi connectivity index (χ1n) is 5.83. The Labute approximate surface area is 121 Å². The minimum atomic E-state index is -3.97. The Bertz CT molecular complexity index is 813. The van der Waals surface area contributed by atoms with Gasteiger partial charge in [0.05, 0.1) is 18.4 Å². The molecule has 0 heterocycles. The van der Waals surface area contributed by atoms with Crippen molar-refractivity contribution in [3.8, 4) is 11.8 Å². The molecule has 0 aromatic heterocycles. The van der Waals surface area contributed by atoms with E-state index in [4.69, 9.17) is 10.00 Å². The molecule has 0 aliphatic heterocycles. The molecule has 0 aliphatic carbocycles. The maximum absolute atomic E-state index is 13.6. The van der Waals surface area contributed by atoms with Gasteiger partial charge in [-0.2, -0.15) is 5.26 Å². The van der Waals surface area contributed by atoms with Gasteiger partial charge in [0.2, 0.25) is 0 Å². The fourth-order valence-corrected chi connectivity index (χ4v) is 2.94. The molecule has 21 heavy (non-hydrogen) atoms. The monoisotopic (exact) mass is 306 g/mol. The normalized spacial score (nSPS) is 10.7. The van der Waals surface area contributed by atoms with E-state index in [1.165, 1.54) is 37.4 Å². The average Bonchev–Trinajstić information content (AvgIpc) is 2.47. The van der Waals surface area contributed by atoms with Gasteiger partial charge in [-0.3, -0.25) is 4.72 Å². The summed E-state index contributed by atoms with van der Waals surface area (Å²) in [6.45, 7) is 0. The molecule has 0 unspecified atom stereocenters. The van der Waals surface area contributed by atoms with Crippen LogP contribution in [0.1, 0.15) is 5.56 Å². The van der Waals surface area contributed by atoms with Gasteiger partial charge in [0.25, 0.3) is 10.0 Å². The molecule has 0 amide bonds. The standard InChI is InChI=1S/C14H11FN2O3S/c1-20-13-7-6-11(8-12(13)15)17-21(18,19)14-5-3-2-4-10(14)9-16/h2-8,17H,1H3. The van der Waals surface area contributed by atoms with E-state index in [-0.39, 0.29) is 21.9 Å². The van der Waals surface area contributed by atoms with Crippen molar-refractivity contribution in [3.05, 3.63) is 53.8 Å². The predicted octanol–water partition coefficient (Wildman–Crippen LogP) is 2.51. The van der Waals surface area contributed by atoms with Crippen LogP contribution < -0.4 is 9.46 Å². The minimum absolute atomic E-state index is 0.00960. The molecule has 1 N–H and O–H groups in total. The van der Waals surface area contributed by atoms with Gasteiger partial charge in [-0.05, 0) is 24.3 Å². The summed E-state index contributed by atoms with van der Waals surface area (Å²) in [5.41, 5.74) is 0.0556. The number of nitriles is 1. The van der Waals surface area contributed by atoms with Crippen LogP contribution in [0, 0.1) is 17.1 Å². The van der Waals surface area contributed by atoms with Crippen LogP contribution in [0.2, 0.25) is 0 Å². The maximum atomic E-state index is 13.6. The number of halogens is 1. The van der Waals surface area contributed by atoms with E-state index < -0.39 is 15.8 Å². The SMILES string of the molecule is COc1ccc(NS(=O)(=O)c2ccccc2C#N)cc1F. The fraction of sp³-hybridized carbons (Fsp3) is 0.0714. The van der Waals surface area contributed by atoms with Gasteiger partial charge in [-0.25, -0.2) is 12.8 Å². The quantitative estimate of drug-likeness (QED) is 0.941. The zero-order valence-electron chi connectivity index (χ0n) is 11.0. The Kier molecular flexibility index (Phi) is 4.10. The number of methoxy groups -OCH3 is 1. The van der Waals surface area contributed by atoms with Crippen LogP contribution in [-0.4, -0.2) is 15.5 Å². The van der Waals surface area contributed by atoms with Gasteiger partial charge in [-0.15, -0.1) is 0 Å². The highest BCUT2D eigenvalue weighted by atomic mass is 32.2. The molecule has 2 aromatic rings. The zero-order chi connectivity index (χ0) is 15.5. The van der Waals surface area contributed by atoms with Crippen molar-refractivity contribution in [3.63, 3.8) is 0 Å². The molecule has 0 fully saturated rings. The number of nitrogens with zero attached hydrogens (tertiary/aromatic N) is 1. The first kappa shape index (κ1) is 14.8. The molecular weight excluding hydrogens is 295 g/mol. The van der Waals surface area contributed by atoms with Crippen molar-refractivity contribution in [1.29, 1.82) is 5.26 Å². The van der Waals surface area contributed by atoms with Crippen molar-refractivity contribution in [2.75, 3.05) is 11.8 Å². The largest absolute Gasteiger partial charge is 0.494 e. The van der Waals surface area contributed by atoms with Crippen LogP contribution in [0.15, 0.2) is 47.4 Å². The second kappa shape index (κ2) is 5.81. The number of anilines is 1. The van der Waals surface area contributed by atoms with Crippen LogP contribution in [0.25, 0.3) is 0 Å². The van der Waals surface area contributed by atoms with E-state index in [1.807, 2.05) is 0 Å². The molecule has 2 rings (SSSR count). The summed E-state index contributed by atoms with van der Waals surface area (Å²) in [6.07, 6.45) is 0. The van der Waals surface area contributed by atoms with E-state index in [0.29, 0.717) is 0 Å². The van der Waals surface area contributed by atoms with Crippen LogP contribution in [0.5, 0.6) is 5.75 Å². The summed E-state index contributed by atoms with van der Waals surface area (Å²) in [5, 5.41) is 8.94. The number of nitrogens with one attached hydrogen (secondary N) is 1. The van der Waals surface area contributed by atoms with Crippen molar-refractivity contribution >= 4 is 15.7 Å². The predicted molar refractivity (Wildman–Crippen MR) is 74.9 cm³/mol. The lowest BCUT2D eigenvalue weighted by Gasteiger charge is -2.10. The molecule has 0 bridgehead atoms. The molecule has 7 heteroatoms. The van der Waals surface area contributed by atoms with E-state index in [1.54, 1.807) is 12.1 Å². The lowest BCUT2D eigenvalue weighted by molar-refractivity contribution is 0.386. The lowest BCUT2D eigenvalue weighted by atomic mass is 10.2. The van der Waals surface area contributed by atoms with Crippen LogP contribution in [-0.2, 0) is 10.0 Å². The Balaban J connectivity index is 2.38. The number of benzene rings is 2. The second-order valence-corrected chi connectivity index (χ2v) is 5.71. The Morgan fingerprint density at radius 1 is 1.24 bits per heavy atom. The highest BCUT2D eigenvalue weighted by molar-refractivity contribution is 7.92. The van der Waals surface area contributed by atoms with Gasteiger partial charge in [0.15, 0.2) is 11.6 Å². The highest BCUT2D eigenvalue weighted by Gasteiger charge is 2.18. The summed E-state index contributed by atoms with van der Waals surface area (Å²) in [5.74, 6) is -0.679.